The molecule has 0 amide bonds. The van der Waals surface area contributed by atoms with Crippen LogP contribution in [0.2, 0.25) is 0 Å². The molecular formula is C21H33N5. The molecule has 1 heterocycles. The van der Waals surface area contributed by atoms with Crippen LogP contribution in [0, 0.1) is 5.92 Å². The van der Waals surface area contributed by atoms with Crippen LogP contribution in [0.25, 0.3) is 0 Å². The van der Waals surface area contributed by atoms with Gasteiger partial charge in [-0.25, -0.2) is 9.98 Å². The van der Waals surface area contributed by atoms with Crippen LogP contribution in [0.15, 0.2) is 47.7 Å². The van der Waals surface area contributed by atoms with Gasteiger partial charge in [0.05, 0.1) is 0 Å². The van der Waals surface area contributed by atoms with Gasteiger partial charge in [0.25, 0.3) is 0 Å². The molecule has 0 spiro atoms. The smallest absolute Gasteiger partial charge is 0.191 e. The largest absolute Gasteiger partial charge is 0.357 e. The number of rotatable bonds is 8. The lowest BCUT2D eigenvalue weighted by Gasteiger charge is -2.26. The molecule has 0 unspecified atom stereocenters. The van der Waals surface area contributed by atoms with Crippen molar-refractivity contribution in [1.82, 2.24) is 20.2 Å². The molecule has 1 aromatic heterocycles. The maximum Gasteiger partial charge on any atom is 0.191 e. The summed E-state index contributed by atoms with van der Waals surface area (Å²) in [5, 5.41) is 6.82. The first kappa shape index (κ1) is 20.0. The summed E-state index contributed by atoms with van der Waals surface area (Å²) in [4.78, 5) is 9.19. The number of benzene rings is 1. The molecule has 0 atom stereocenters. The third kappa shape index (κ3) is 5.90. The minimum atomic E-state index is 0.0214. The predicted octanol–water partition coefficient (Wildman–Crippen LogP) is 3.57. The molecule has 0 aliphatic carbocycles. The second-order valence-electron chi connectivity index (χ2n) is 7.69. The zero-order valence-electron chi connectivity index (χ0n) is 16.8. The molecule has 5 heteroatoms. The molecule has 0 fully saturated rings. The summed E-state index contributed by atoms with van der Waals surface area (Å²) in [7, 11) is 0. The number of hydrogen-bond donors (Lipinski definition) is 2. The van der Waals surface area contributed by atoms with Crippen LogP contribution in [-0.2, 0) is 18.5 Å². The Balaban J connectivity index is 2.02. The Labute approximate surface area is 158 Å². The average Bonchev–Trinajstić information content (AvgIpc) is 3.04. The van der Waals surface area contributed by atoms with Gasteiger partial charge in [-0.2, -0.15) is 0 Å². The maximum atomic E-state index is 4.73. The third-order valence-corrected chi connectivity index (χ3v) is 4.34. The van der Waals surface area contributed by atoms with Crippen LogP contribution in [0.5, 0.6) is 0 Å². The Hall–Kier alpha value is -2.30. The summed E-state index contributed by atoms with van der Waals surface area (Å²) in [5.41, 5.74) is 1.34. The van der Waals surface area contributed by atoms with E-state index in [4.69, 9.17) is 4.99 Å². The van der Waals surface area contributed by atoms with E-state index in [1.807, 2.05) is 12.4 Å². The van der Waals surface area contributed by atoms with Crippen LogP contribution in [0.1, 0.15) is 46.0 Å². The van der Waals surface area contributed by atoms with Gasteiger partial charge in [-0.1, -0.05) is 58.0 Å². The van der Waals surface area contributed by atoms with Gasteiger partial charge in [0.2, 0.25) is 0 Å². The molecule has 26 heavy (non-hydrogen) atoms. The number of nitrogens with zero attached hydrogens (tertiary/aromatic N) is 3. The fourth-order valence-electron chi connectivity index (χ4n) is 2.84. The van der Waals surface area contributed by atoms with E-state index in [2.05, 4.69) is 85.1 Å². The molecule has 1 aromatic carbocycles. The zero-order valence-corrected chi connectivity index (χ0v) is 16.8. The van der Waals surface area contributed by atoms with Crippen LogP contribution < -0.4 is 10.6 Å². The second kappa shape index (κ2) is 9.41. The topological polar surface area (TPSA) is 54.2 Å². The molecular weight excluding hydrogens is 322 g/mol. The van der Waals surface area contributed by atoms with Gasteiger partial charge >= 0.3 is 0 Å². The SMILES string of the molecule is CCNC(=NCc1nccn1CC(C)C)NCC(C)(C)c1ccccc1. The molecule has 0 aliphatic heterocycles. The highest BCUT2D eigenvalue weighted by Gasteiger charge is 2.20. The number of nitrogens with one attached hydrogen (secondary N) is 2. The van der Waals surface area contributed by atoms with Crippen molar-refractivity contribution >= 4 is 5.96 Å². The van der Waals surface area contributed by atoms with E-state index in [0.717, 1.165) is 31.4 Å². The number of aliphatic imine (C=N–C) groups is 1. The van der Waals surface area contributed by atoms with Gasteiger partial charge < -0.3 is 15.2 Å². The van der Waals surface area contributed by atoms with E-state index in [-0.39, 0.29) is 5.41 Å². The maximum absolute atomic E-state index is 4.73. The molecule has 0 saturated carbocycles. The number of aromatic nitrogens is 2. The summed E-state index contributed by atoms with van der Waals surface area (Å²) in [6.07, 6.45) is 3.88. The lowest BCUT2D eigenvalue weighted by Crippen LogP contribution is -2.43. The molecule has 5 nitrogen and oxygen atoms in total. The highest BCUT2D eigenvalue weighted by atomic mass is 15.2. The van der Waals surface area contributed by atoms with Crippen LogP contribution in [-0.4, -0.2) is 28.6 Å². The van der Waals surface area contributed by atoms with Crippen molar-refractivity contribution in [2.24, 2.45) is 10.9 Å². The number of imidazole rings is 1. The van der Waals surface area contributed by atoms with Gasteiger partial charge in [0, 0.05) is 37.4 Å². The summed E-state index contributed by atoms with van der Waals surface area (Å²) < 4.78 is 2.19. The first-order chi connectivity index (χ1) is 12.4. The summed E-state index contributed by atoms with van der Waals surface area (Å²) >= 11 is 0. The summed E-state index contributed by atoms with van der Waals surface area (Å²) in [6, 6.07) is 10.6. The standard InChI is InChI=1S/C21H33N5/c1-6-22-20(24-14-19-23-12-13-26(19)15-17(2)3)25-16-21(4,5)18-10-8-7-9-11-18/h7-13,17H,6,14-16H2,1-5H3,(H2,22,24,25). The molecule has 0 aliphatic rings. The zero-order chi connectivity index (χ0) is 19.0. The Morgan fingerprint density at radius 1 is 1.19 bits per heavy atom. The fraction of sp³-hybridized carbons (Fsp3) is 0.524. The molecule has 2 rings (SSSR count). The van der Waals surface area contributed by atoms with Crippen LogP contribution in [0.4, 0.5) is 0 Å². The first-order valence-electron chi connectivity index (χ1n) is 9.50. The van der Waals surface area contributed by atoms with Gasteiger partial charge in [-0.3, -0.25) is 0 Å². The van der Waals surface area contributed by atoms with Gasteiger partial charge in [-0.15, -0.1) is 0 Å². The van der Waals surface area contributed by atoms with Crippen molar-refractivity contribution in [3.63, 3.8) is 0 Å². The quantitative estimate of drug-likeness (QED) is 0.562. The summed E-state index contributed by atoms with van der Waals surface area (Å²) in [6.45, 7) is 14.2. The molecule has 0 saturated heterocycles. The fourth-order valence-corrected chi connectivity index (χ4v) is 2.84. The predicted molar refractivity (Wildman–Crippen MR) is 109 cm³/mol. The lowest BCUT2D eigenvalue weighted by molar-refractivity contribution is 0.503. The normalized spacial score (nSPS) is 12.5. The third-order valence-electron chi connectivity index (χ3n) is 4.34. The van der Waals surface area contributed by atoms with E-state index in [9.17, 15) is 0 Å². The Morgan fingerprint density at radius 3 is 2.58 bits per heavy atom. The van der Waals surface area contributed by atoms with Crippen LogP contribution in [0.3, 0.4) is 0 Å². The van der Waals surface area contributed by atoms with Crippen molar-refractivity contribution in [1.29, 1.82) is 0 Å². The molecule has 142 valence electrons. The van der Waals surface area contributed by atoms with Gasteiger partial charge in [-0.05, 0) is 18.4 Å². The molecule has 2 aromatic rings. The highest BCUT2D eigenvalue weighted by molar-refractivity contribution is 5.79. The molecule has 0 radical (unpaired) electrons. The van der Waals surface area contributed by atoms with Crippen molar-refractivity contribution in [3.8, 4) is 0 Å². The van der Waals surface area contributed by atoms with Crippen molar-refractivity contribution in [2.45, 2.75) is 53.1 Å². The van der Waals surface area contributed by atoms with E-state index in [1.165, 1.54) is 5.56 Å². The van der Waals surface area contributed by atoms with Crippen molar-refractivity contribution in [3.05, 3.63) is 54.1 Å². The van der Waals surface area contributed by atoms with E-state index >= 15 is 0 Å². The van der Waals surface area contributed by atoms with E-state index < -0.39 is 0 Å². The molecule has 0 bridgehead atoms. The van der Waals surface area contributed by atoms with Gasteiger partial charge in [0.1, 0.15) is 12.4 Å². The summed E-state index contributed by atoms with van der Waals surface area (Å²) in [5.74, 6) is 2.42. The average molecular weight is 356 g/mol. The lowest BCUT2D eigenvalue weighted by atomic mass is 9.85. The van der Waals surface area contributed by atoms with E-state index in [0.29, 0.717) is 12.5 Å². The molecule has 2 N–H and O–H groups in total. The van der Waals surface area contributed by atoms with Crippen molar-refractivity contribution < 1.29 is 0 Å². The monoisotopic (exact) mass is 355 g/mol. The minimum Gasteiger partial charge on any atom is -0.357 e. The number of guanidine groups is 1. The van der Waals surface area contributed by atoms with Crippen LogP contribution >= 0.6 is 0 Å². The Morgan fingerprint density at radius 2 is 1.92 bits per heavy atom. The number of hydrogen-bond acceptors (Lipinski definition) is 2. The van der Waals surface area contributed by atoms with E-state index in [1.54, 1.807) is 0 Å². The van der Waals surface area contributed by atoms with Gasteiger partial charge in [0.15, 0.2) is 5.96 Å². The highest BCUT2D eigenvalue weighted by Crippen LogP contribution is 2.21. The second-order valence-corrected chi connectivity index (χ2v) is 7.69. The minimum absolute atomic E-state index is 0.0214. The van der Waals surface area contributed by atoms with Crippen molar-refractivity contribution in [2.75, 3.05) is 13.1 Å². The first-order valence-corrected chi connectivity index (χ1v) is 9.50. The Kier molecular flexibility index (Phi) is 7.25. The Bertz CT molecular complexity index is 685.